The number of carboxylic acid groups (broad SMARTS) is 1. The summed E-state index contributed by atoms with van der Waals surface area (Å²) >= 11 is 0. The maximum Gasteiger partial charge on any atom is 0.305 e. The second-order valence-corrected chi connectivity index (χ2v) is 6.61. The van der Waals surface area contributed by atoms with Gasteiger partial charge in [-0.1, -0.05) is 6.07 Å². The summed E-state index contributed by atoms with van der Waals surface area (Å²) in [5.74, 6) is 0.488. The number of nitrogens with zero attached hydrogens (tertiary/aromatic N) is 2. The fraction of sp³-hybridized carbons (Fsp3) is 0.400. The number of carboxylic acids is 1. The van der Waals surface area contributed by atoms with E-state index in [1.54, 1.807) is 14.2 Å². The number of carbonyl (C=O) groups is 1. The minimum absolute atomic E-state index is 0.0434. The van der Waals surface area contributed by atoms with Crippen molar-refractivity contribution in [3.05, 3.63) is 52.8 Å². The first-order valence-electron chi connectivity index (χ1n) is 8.63. The lowest BCUT2D eigenvalue weighted by Crippen LogP contribution is -2.36. The lowest BCUT2D eigenvalue weighted by atomic mass is 9.89. The van der Waals surface area contributed by atoms with Crippen LogP contribution in [-0.4, -0.2) is 41.7 Å². The summed E-state index contributed by atoms with van der Waals surface area (Å²) in [6.07, 6.45) is 4.54. The average Bonchev–Trinajstić information content (AvgIpc) is 2.62. The second-order valence-electron chi connectivity index (χ2n) is 6.61. The monoisotopic (exact) mass is 356 g/mol. The van der Waals surface area contributed by atoms with Crippen LogP contribution in [0.1, 0.15) is 34.7 Å². The number of rotatable bonds is 6. The molecule has 0 bridgehead atoms. The van der Waals surface area contributed by atoms with Crippen LogP contribution in [0.15, 0.2) is 30.6 Å². The highest BCUT2D eigenvalue weighted by molar-refractivity contribution is 5.68. The number of fused-ring (bicyclic) bond motifs is 1. The number of methoxy groups -OCH3 is 2. The van der Waals surface area contributed by atoms with Crippen LogP contribution in [-0.2, 0) is 17.8 Å². The predicted octanol–water partition coefficient (Wildman–Crippen LogP) is 2.98. The minimum atomic E-state index is -0.815. The van der Waals surface area contributed by atoms with Gasteiger partial charge < -0.3 is 14.6 Å². The lowest BCUT2D eigenvalue weighted by Gasteiger charge is -2.37. The molecule has 6 heteroatoms. The van der Waals surface area contributed by atoms with Gasteiger partial charge >= 0.3 is 5.97 Å². The molecule has 2 aromatic rings. The van der Waals surface area contributed by atoms with E-state index in [-0.39, 0.29) is 12.5 Å². The number of benzene rings is 1. The zero-order chi connectivity index (χ0) is 18.7. The van der Waals surface area contributed by atoms with Gasteiger partial charge in [-0.15, -0.1) is 0 Å². The first kappa shape index (κ1) is 18.2. The Kier molecular flexibility index (Phi) is 5.42. The van der Waals surface area contributed by atoms with Crippen LogP contribution in [0.25, 0.3) is 0 Å². The lowest BCUT2D eigenvalue weighted by molar-refractivity contribution is -0.138. The van der Waals surface area contributed by atoms with Gasteiger partial charge in [-0.3, -0.25) is 14.7 Å². The highest BCUT2D eigenvalue weighted by atomic mass is 16.5. The Morgan fingerprint density at radius 1 is 1.23 bits per heavy atom. The molecule has 0 saturated carbocycles. The van der Waals surface area contributed by atoms with Gasteiger partial charge in [-0.05, 0) is 47.7 Å². The summed E-state index contributed by atoms with van der Waals surface area (Å²) in [4.78, 5) is 18.0. The van der Waals surface area contributed by atoms with Gasteiger partial charge in [0.25, 0.3) is 0 Å². The van der Waals surface area contributed by atoms with E-state index in [1.807, 2.05) is 31.5 Å². The highest BCUT2D eigenvalue weighted by Gasteiger charge is 2.30. The molecule has 6 nitrogen and oxygen atoms in total. The van der Waals surface area contributed by atoms with Crippen LogP contribution in [0.5, 0.6) is 11.5 Å². The van der Waals surface area contributed by atoms with Crippen LogP contribution in [0.4, 0.5) is 0 Å². The third kappa shape index (κ3) is 3.80. The quantitative estimate of drug-likeness (QED) is 0.858. The Balaban J connectivity index is 1.96. The molecule has 0 fully saturated rings. The van der Waals surface area contributed by atoms with E-state index >= 15 is 0 Å². The van der Waals surface area contributed by atoms with Crippen molar-refractivity contribution in [2.24, 2.45) is 0 Å². The van der Waals surface area contributed by atoms with E-state index in [0.717, 1.165) is 35.2 Å². The summed E-state index contributed by atoms with van der Waals surface area (Å²) in [5, 5.41) is 9.45. The SMILES string of the molecule is COc1cc2c(cc1OC)C(CC(=O)O)N(Cc1cncc(C)c1)CC2. The Labute approximate surface area is 153 Å². The summed E-state index contributed by atoms with van der Waals surface area (Å²) < 4.78 is 10.8. The molecule has 1 aromatic heterocycles. The topological polar surface area (TPSA) is 71.9 Å². The van der Waals surface area contributed by atoms with Crippen LogP contribution >= 0.6 is 0 Å². The van der Waals surface area contributed by atoms with E-state index in [1.165, 1.54) is 0 Å². The molecule has 0 radical (unpaired) electrons. The van der Waals surface area contributed by atoms with Gasteiger partial charge in [0.2, 0.25) is 0 Å². The maximum atomic E-state index is 11.5. The van der Waals surface area contributed by atoms with E-state index in [0.29, 0.717) is 18.0 Å². The van der Waals surface area contributed by atoms with Gasteiger partial charge in [0.05, 0.1) is 20.6 Å². The number of pyridine rings is 1. The van der Waals surface area contributed by atoms with Crippen molar-refractivity contribution in [3.8, 4) is 11.5 Å². The molecule has 1 N–H and O–H groups in total. The Hall–Kier alpha value is -2.60. The van der Waals surface area contributed by atoms with Crippen LogP contribution in [0.3, 0.4) is 0 Å². The van der Waals surface area contributed by atoms with Crippen molar-refractivity contribution in [1.29, 1.82) is 0 Å². The van der Waals surface area contributed by atoms with Crippen LogP contribution < -0.4 is 9.47 Å². The largest absolute Gasteiger partial charge is 0.493 e. The molecule has 3 rings (SSSR count). The fourth-order valence-electron chi connectivity index (χ4n) is 3.61. The van der Waals surface area contributed by atoms with Gasteiger partial charge in [0.15, 0.2) is 11.5 Å². The van der Waals surface area contributed by atoms with Crippen molar-refractivity contribution in [3.63, 3.8) is 0 Å². The normalized spacial score (nSPS) is 16.8. The highest BCUT2D eigenvalue weighted by Crippen LogP contribution is 2.39. The Morgan fingerprint density at radius 3 is 2.62 bits per heavy atom. The van der Waals surface area contributed by atoms with Gasteiger partial charge in [0.1, 0.15) is 0 Å². The smallest absolute Gasteiger partial charge is 0.305 e. The third-order valence-corrected chi connectivity index (χ3v) is 4.80. The molecule has 2 heterocycles. The molecule has 0 amide bonds. The summed E-state index contributed by atoms with van der Waals surface area (Å²) in [7, 11) is 3.20. The molecular weight excluding hydrogens is 332 g/mol. The average molecular weight is 356 g/mol. The summed E-state index contributed by atoms with van der Waals surface area (Å²) in [6, 6.07) is 5.77. The molecular formula is C20H24N2O4. The minimum Gasteiger partial charge on any atom is -0.493 e. The van der Waals surface area contributed by atoms with Crippen LogP contribution in [0.2, 0.25) is 0 Å². The predicted molar refractivity (Wildman–Crippen MR) is 97.6 cm³/mol. The third-order valence-electron chi connectivity index (χ3n) is 4.80. The zero-order valence-electron chi connectivity index (χ0n) is 15.4. The molecule has 1 unspecified atom stereocenters. The first-order chi connectivity index (χ1) is 12.5. The molecule has 138 valence electrons. The maximum absolute atomic E-state index is 11.5. The molecule has 0 aliphatic carbocycles. The number of hydrogen-bond donors (Lipinski definition) is 1. The molecule has 26 heavy (non-hydrogen) atoms. The number of aromatic nitrogens is 1. The molecule has 1 aliphatic rings. The number of aliphatic carboxylic acids is 1. The van der Waals surface area contributed by atoms with Crippen molar-refractivity contribution in [1.82, 2.24) is 9.88 Å². The molecule has 1 atom stereocenters. The number of ether oxygens (including phenoxy) is 2. The molecule has 1 aromatic carbocycles. The second kappa shape index (κ2) is 7.74. The number of hydrogen-bond acceptors (Lipinski definition) is 5. The van der Waals surface area contributed by atoms with Crippen LogP contribution in [0, 0.1) is 6.92 Å². The van der Waals surface area contributed by atoms with Gasteiger partial charge in [-0.25, -0.2) is 0 Å². The Morgan fingerprint density at radius 2 is 1.96 bits per heavy atom. The Bertz CT molecular complexity index is 806. The van der Waals surface area contributed by atoms with E-state index in [9.17, 15) is 9.90 Å². The van der Waals surface area contributed by atoms with Gasteiger partial charge in [-0.2, -0.15) is 0 Å². The van der Waals surface area contributed by atoms with Gasteiger partial charge in [0, 0.05) is 31.5 Å². The summed E-state index contributed by atoms with van der Waals surface area (Å²) in [5.41, 5.74) is 4.30. The zero-order valence-corrected chi connectivity index (χ0v) is 15.4. The summed E-state index contributed by atoms with van der Waals surface area (Å²) in [6.45, 7) is 3.46. The molecule has 1 aliphatic heterocycles. The van der Waals surface area contributed by atoms with E-state index in [2.05, 4.69) is 16.0 Å². The van der Waals surface area contributed by atoms with Crippen molar-refractivity contribution in [2.45, 2.75) is 32.4 Å². The van der Waals surface area contributed by atoms with Crippen molar-refractivity contribution < 1.29 is 19.4 Å². The van der Waals surface area contributed by atoms with Crippen molar-refractivity contribution in [2.75, 3.05) is 20.8 Å². The molecule has 0 spiro atoms. The fourth-order valence-corrected chi connectivity index (χ4v) is 3.61. The van der Waals surface area contributed by atoms with Crippen molar-refractivity contribution >= 4 is 5.97 Å². The first-order valence-corrected chi connectivity index (χ1v) is 8.63. The van der Waals surface area contributed by atoms with E-state index in [4.69, 9.17) is 9.47 Å². The van der Waals surface area contributed by atoms with E-state index < -0.39 is 5.97 Å². The number of aryl methyl sites for hydroxylation is 1. The standard InChI is InChI=1S/C20H24N2O4/c1-13-6-14(11-21-10-13)12-22-5-4-15-7-18(25-2)19(26-3)8-16(15)17(22)9-20(23)24/h6-8,10-11,17H,4-5,9,12H2,1-3H3,(H,23,24). The molecule has 0 saturated heterocycles.